The Morgan fingerprint density at radius 3 is 3.07 bits per heavy atom. The van der Waals surface area contributed by atoms with Crippen molar-refractivity contribution in [1.29, 1.82) is 0 Å². The molecule has 0 aromatic heterocycles. The molecule has 1 amide bonds. The van der Waals surface area contributed by atoms with Crippen LogP contribution >= 0.6 is 11.6 Å². The van der Waals surface area contributed by atoms with E-state index in [4.69, 9.17) is 21.1 Å². The molecule has 1 N–H and O–H groups in total. The lowest BCUT2D eigenvalue weighted by atomic mass is 10.1. The van der Waals surface area contributed by atoms with Crippen LogP contribution in [0.25, 0.3) is 0 Å². The van der Waals surface area contributed by atoms with Crippen molar-refractivity contribution in [3.05, 3.63) is 0 Å². The number of amides is 1. The first kappa shape index (κ1) is 11.8. The zero-order chi connectivity index (χ0) is 10.2. The molecule has 1 atom stereocenters. The first-order valence-electron chi connectivity index (χ1n) is 4.83. The summed E-state index contributed by atoms with van der Waals surface area (Å²) in [5, 5.41) is 2.80. The Kier molecular flexibility index (Phi) is 5.91. The van der Waals surface area contributed by atoms with Crippen LogP contribution in [0.4, 0.5) is 0 Å². The van der Waals surface area contributed by atoms with Crippen molar-refractivity contribution in [3.63, 3.8) is 0 Å². The van der Waals surface area contributed by atoms with Crippen molar-refractivity contribution >= 4 is 17.5 Å². The monoisotopic (exact) mass is 221 g/mol. The average Bonchev–Trinajstić information content (AvgIpc) is 2.70. The molecule has 14 heavy (non-hydrogen) atoms. The second-order valence-corrected chi connectivity index (χ2v) is 3.53. The summed E-state index contributed by atoms with van der Waals surface area (Å²) in [5.74, 6) is 0.588. The van der Waals surface area contributed by atoms with Gasteiger partial charge in [-0.1, -0.05) is 0 Å². The first-order chi connectivity index (χ1) is 6.84. The van der Waals surface area contributed by atoms with Gasteiger partial charge < -0.3 is 14.8 Å². The molecule has 1 rings (SSSR count). The molecule has 0 aliphatic carbocycles. The third-order valence-electron chi connectivity index (χ3n) is 2.07. The summed E-state index contributed by atoms with van der Waals surface area (Å²) in [6.45, 7) is 2.84. The van der Waals surface area contributed by atoms with Crippen LogP contribution in [0.2, 0.25) is 0 Å². The highest BCUT2D eigenvalue weighted by atomic mass is 35.5. The summed E-state index contributed by atoms with van der Waals surface area (Å²) in [4.78, 5) is 11.4. The van der Waals surface area contributed by atoms with Crippen LogP contribution in [0, 0.1) is 5.92 Å². The number of nitrogens with one attached hydrogen (secondary N) is 1. The molecule has 5 heteroatoms. The van der Waals surface area contributed by atoms with E-state index in [9.17, 15) is 4.79 Å². The SMILES string of the molecule is O=C(NCCOCCCl)C1CCOC1. The lowest BCUT2D eigenvalue weighted by molar-refractivity contribution is -0.125. The van der Waals surface area contributed by atoms with Gasteiger partial charge >= 0.3 is 0 Å². The van der Waals surface area contributed by atoms with Gasteiger partial charge in [0.15, 0.2) is 0 Å². The number of carbonyl (C=O) groups is 1. The molecule has 0 aromatic carbocycles. The van der Waals surface area contributed by atoms with E-state index in [0.29, 0.717) is 38.9 Å². The maximum atomic E-state index is 11.4. The molecule has 0 spiro atoms. The highest BCUT2D eigenvalue weighted by Gasteiger charge is 2.22. The summed E-state index contributed by atoms with van der Waals surface area (Å²) in [6.07, 6.45) is 0.828. The number of rotatable bonds is 6. The van der Waals surface area contributed by atoms with Crippen molar-refractivity contribution < 1.29 is 14.3 Å². The predicted octanol–water partition coefficient (Wildman–Crippen LogP) is 0.395. The fourth-order valence-electron chi connectivity index (χ4n) is 1.29. The summed E-state index contributed by atoms with van der Waals surface area (Å²) in [6, 6.07) is 0. The topological polar surface area (TPSA) is 47.6 Å². The molecular formula is C9H16ClNO3. The maximum absolute atomic E-state index is 11.4. The van der Waals surface area contributed by atoms with Crippen LogP contribution in [-0.4, -0.2) is 44.8 Å². The lowest BCUT2D eigenvalue weighted by Gasteiger charge is -2.08. The number of carbonyl (C=O) groups excluding carboxylic acids is 1. The number of alkyl halides is 1. The standard InChI is InChI=1S/C9H16ClNO3/c10-2-5-13-6-3-11-9(12)8-1-4-14-7-8/h8H,1-7H2,(H,11,12). The van der Waals surface area contributed by atoms with Gasteiger partial charge in [-0.3, -0.25) is 4.79 Å². The molecule has 82 valence electrons. The lowest BCUT2D eigenvalue weighted by Crippen LogP contribution is -2.33. The van der Waals surface area contributed by atoms with Crippen molar-refractivity contribution in [2.75, 3.05) is 38.9 Å². The van der Waals surface area contributed by atoms with Gasteiger partial charge in [-0.15, -0.1) is 11.6 Å². The Hall–Kier alpha value is -0.320. The van der Waals surface area contributed by atoms with Gasteiger partial charge in [-0.2, -0.15) is 0 Å². The Balaban J connectivity index is 1.97. The molecular weight excluding hydrogens is 206 g/mol. The van der Waals surface area contributed by atoms with Crippen LogP contribution in [0.1, 0.15) is 6.42 Å². The van der Waals surface area contributed by atoms with Gasteiger partial charge in [0.05, 0.1) is 25.7 Å². The van der Waals surface area contributed by atoms with Crippen molar-refractivity contribution in [1.82, 2.24) is 5.32 Å². The van der Waals surface area contributed by atoms with Gasteiger partial charge in [-0.25, -0.2) is 0 Å². The molecule has 0 radical (unpaired) electrons. The molecule has 1 fully saturated rings. The second kappa shape index (κ2) is 7.04. The highest BCUT2D eigenvalue weighted by Crippen LogP contribution is 2.11. The molecule has 4 nitrogen and oxygen atoms in total. The quantitative estimate of drug-likeness (QED) is 0.522. The van der Waals surface area contributed by atoms with Gasteiger partial charge in [0.1, 0.15) is 0 Å². The molecule has 1 aliphatic heterocycles. The molecule has 0 bridgehead atoms. The molecule has 1 unspecified atom stereocenters. The Morgan fingerprint density at radius 2 is 2.43 bits per heavy atom. The Morgan fingerprint density at radius 1 is 1.57 bits per heavy atom. The fraction of sp³-hybridized carbons (Fsp3) is 0.889. The third kappa shape index (κ3) is 4.26. The number of hydrogen-bond donors (Lipinski definition) is 1. The summed E-state index contributed by atoms with van der Waals surface area (Å²) >= 11 is 5.42. The fourth-order valence-corrected chi connectivity index (χ4v) is 1.40. The van der Waals surface area contributed by atoms with Crippen LogP contribution in [0.5, 0.6) is 0 Å². The Bertz CT molecular complexity index is 171. The van der Waals surface area contributed by atoms with Crippen molar-refractivity contribution in [3.8, 4) is 0 Å². The minimum atomic E-state index is 0.0306. The number of halogens is 1. The summed E-state index contributed by atoms with van der Waals surface area (Å²) in [7, 11) is 0. The van der Waals surface area contributed by atoms with Gasteiger partial charge in [0.2, 0.25) is 5.91 Å². The molecule has 0 saturated carbocycles. The Labute approximate surface area is 88.9 Å². The highest BCUT2D eigenvalue weighted by molar-refractivity contribution is 6.17. The minimum Gasteiger partial charge on any atom is -0.381 e. The zero-order valence-electron chi connectivity index (χ0n) is 8.13. The maximum Gasteiger partial charge on any atom is 0.225 e. The molecule has 1 saturated heterocycles. The molecule has 1 aliphatic rings. The number of hydrogen-bond acceptors (Lipinski definition) is 3. The predicted molar refractivity (Wildman–Crippen MR) is 53.5 cm³/mol. The largest absolute Gasteiger partial charge is 0.381 e. The van der Waals surface area contributed by atoms with Gasteiger partial charge in [0, 0.05) is 19.0 Å². The van der Waals surface area contributed by atoms with Crippen LogP contribution in [0.3, 0.4) is 0 Å². The van der Waals surface area contributed by atoms with E-state index in [2.05, 4.69) is 5.32 Å². The van der Waals surface area contributed by atoms with Crippen LogP contribution in [-0.2, 0) is 14.3 Å². The van der Waals surface area contributed by atoms with E-state index in [0.717, 1.165) is 6.42 Å². The van der Waals surface area contributed by atoms with Gasteiger partial charge in [0.25, 0.3) is 0 Å². The normalized spacial score (nSPS) is 21.1. The van der Waals surface area contributed by atoms with E-state index in [1.807, 2.05) is 0 Å². The van der Waals surface area contributed by atoms with Crippen LogP contribution < -0.4 is 5.32 Å². The van der Waals surface area contributed by atoms with Crippen molar-refractivity contribution in [2.45, 2.75) is 6.42 Å². The summed E-state index contributed by atoms with van der Waals surface area (Å²) in [5.41, 5.74) is 0. The third-order valence-corrected chi connectivity index (χ3v) is 2.22. The average molecular weight is 222 g/mol. The summed E-state index contributed by atoms with van der Waals surface area (Å²) < 4.78 is 10.2. The molecule has 0 aromatic rings. The van der Waals surface area contributed by atoms with E-state index in [1.165, 1.54) is 0 Å². The van der Waals surface area contributed by atoms with Gasteiger partial charge in [-0.05, 0) is 6.42 Å². The smallest absolute Gasteiger partial charge is 0.225 e. The van der Waals surface area contributed by atoms with E-state index >= 15 is 0 Å². The van der Waals surface area contributed by atoms with Crippen molar-refractivity contribution in [2.24, 2.45) is 5.92 Å². The minimum absolute atomic E-state index is 0.0306. The first-order valence-corrected chi connectivity index (χ1v) is 5.37. The number of ether oxygens (including phenoxy) is 2. The van der Waals surface area contributed by atoms with Crippen LogP contribution in [0.15, 0.2) is 0 Å². The van der Waals surface area contributed by atoms with E-state index in [-0.39, 0.29) is 11.8 Å². The zero-order valence-corrected chi connectivity index (χ0v) is 8.89. The van der Waals surface area contributed by atoms with E-state index < -0.39 is 0 Å². The second-order valence-electron chi connectivity index (χ2n) is 3.15. The molecule has 1 heterocycles. The van der Waals surface area contributed by atoms with E-state index in [1.54, 1.807) is 0 Å².